The first-order valence-electron chi connectivity index (χ1n) is 6.55. The van der Waals surface area contributed by atoms with Gasteiger partial charge in [-0.1, -0.05) is 6.07 Å². The maximum atomic E-state index is 11.4. The maximum Gasteiger partial charge on any atom is 0.234 e. The summed E-state index contributed by atoms with van der Waals surface area (Å²) in [5, 5.41) is 0. The number of ether oxygens (including phenoxy) is 1. The van der Waals surface area contributed by atoms with Crippen molar-refractivity contribution in [2.45, 2.75) is 32.0 Å². The van der Waals surface area contributed by atoms with Gasteiger partial charge in [-0.2, -0.15) is 0 Å². The Bertz CT molecular complexity index is 462. The molecule has 1 aromatic carbocycles. The fraction of sp³-hybridized carbons (Fsp3) is 0.500. The number of carbonyl (C=O) groups excluding carboxylic acids is 1. The minimum absolute atomic E-state index is 0.161. The molecule has 19 heavy (non-hydrogen) atoms. The Balaban J connectivity index is 2.19. The third-order valence-corrected chi connectivity index (χ3v) is 3.65. The number of hydrogen-bond acceptors (Lipinski definition) is 4. The molecule has 5 nitrogen and oxygen atoms in total. The highest BCUT2D eigenvalue weighted by molar-refractivity contribution is 5.80. The average molecular weight is 263 g/mol. The number of primary amides is 1. The van der Waals surface area contributed by atoms with Crippen LogP contribution in [0.15, 0.2) is 18.2 Å². The molecular formula is C14H21N3O2. The van der Waals surface area contributed by atoms with Gasteiger partial charge in [0, 0.05) is 18.7 Å². The lowest BCUT2D eigenvalue weighted by Crippen LogP contribution is -2.39. The number of hydrogen-bond donors (Lipinski definition) is 2. The van der Waals surface area contributed by atoms with E-state index in [0.29, 0.717) is 13.1 Å². The molecule has 0 spiro atoms. The van der Waals surface area contributed by atoms with Crippen molar-refractivity contribution in [1.82, 2.24) is 4.90 Å². The first-order valence-corrected chi connectivity index (χ1v) is 6.55. The number of nitrogens with zero attached hydrogens (tertiary/aromatic N) is 1. The van der Waals surface area contributed by atoms with Crippen molar-refractivity contribution in [3.05, 3.63) is 29.3 Å². The largest absolute Gasteiger partial charge is 0.496 e. The molecule has 1 fully saturated rings. The van der Waals surface area contributed by atoms with Crippen LogP contribution in [0.2, 0.25) is 0 Å². The summed E-state index contributed by atoms with van der Waals surface area (Å²) < 4.78 is 5.37. The van der Waals surface area contributed by atoms with Gasteiger partial charge in [0.2, 0.25) is 5.91 Å². The molecule has 0 saturated carbocycles. The molecule has 1 saturated heterocycles. The summed E-state index contributed by atoms with van der Waals surface area (Å²) >= 11 is 0. The summed E-state index contributed by atoms with van der Waals surface area (Å²) in [6.07, 6.45) is 1.85. The molecule has 4 N–H and O–H groups in total. The van der Waals surface area contributed by atoms with E-state index in [-0.39, 0.29) is 11.9 Å². The first-order chi connectivity index (χ1) is 9.15. The van der Waals surface area contributed by atoms with E-state index in [1.54, 1.807) is 7.11 Å². The number of nitrogens with two attached hydrogens (primary N) is 2. The normalized spacial score (nSPS) is 19.6. The highest BCUT2D eigenvalue weighted by atomic mass is 16.5. The smallest absolute Gasteiger partial charge is 0.234 e. The van der Waals surface area contributed by atoms with Crippen molar-refractivity contribution in [2.24, 2.45) is 11.5 Å². The van der Waals surface area contributed by atoms with Crippen LogP contribution in [0.25, 0.3) is 0 Å². The maximum absolute atomic E-state index is 11.4. The zero-order chi connectivity index (χ0) is 13.8. The Morgan fingerprint density at radius 2 is 2.32 bits per heavy atom. The van der Waals surface area contributed by atoms with E-state index >= 15 is 0 Å². The second-order valence-corrected chi connectivity index (χ2v) is 4.88. The molecule has 1 unspecified atom stereocenters. The van der Waals surface area contributed by atoms with Crippen LogP contribution in [0.5, 0.6) is 5.75 Å². The van der Waals surface area contributed by atoms with Gasteiger partial charge in [0.25, 0.3) is 0 Å². The van der Waals surface area contributed by atoms with Crippen molar-refractivity contribution in [1.29, 1.82) is 0 Å². The summed E-state index contributed by atoms with van der Waals surface area (Å²) in [5.41, 5.74) is 13.2. The van der Waals surface area contributed by atoms with Gasteiger partial charge in [0.05, 0.1) is 13.2 Å². The fourth-order valence-electron chi connectivity index (χ4n) is 2.64. The van der Waals surface area contributed by atoms with Crippen LogP contribution in [0.4, 0.5) is 0 Å². The van der Waals surface area contributed by atoms with Crippen LogP contribution >= 0.6 is 0 Å². The Morgan fingerprint density at radius 3 is 2.95 bits per heavy atom. The number of benzene rings is 1. The van der Waals surface area contributed by atoms with Crippen molar-refractivity contribution in [2.75, 3.05) is 13.7 Å². The highest BCUT2D eigenvalue weighted by Crippen LogP contribution is 2.25. The van der Waals surface area contributed by atoms with Gasteiger partial charge < -0.3 is 16.2 Å². The van der Waals surface area contributed by atoms with Gasteiger partial charge in [-0.3, -0.25) is 9.69 Å². The van der Waals surface area contributed by atoms with Crippen molar-refractivity contribution in [3.8, 4) is 5.75 Å². The molecular weight excluding hydrogens is 242 g/mol. The van der Waals surface area contributed by atoms with Gasteiger partial charge in [0.15, 0.2) is 0 Å². The number of likely N-dealkylation sites (tertiary alicyclic amines) is 1. The van der Waals surface area contributed by atoms with Crippen molar-refractivity contribution >= 4 is 5.91 Å². The van der Waals surface area contributed by atoms with Crippen molar-refractivity contribution in [3.63, 3.8) is 0 Å². The molecule has 1 aliphatic rings. The average Bonchev–Trinajstić information content (AvgIpc) is 2.87. The van der Waals surface area contributed by atoms with E-state index in [0.717, 1.165) is 36.3 Å². The lowest BCUT2D eigenvalue weighted by Gasteiger charge is -2.23. The zero-order valence-electron chi connectivity index (χ0n) is 11.3. The summed E-state index contributed by atoms with van der Waals surface area (Å²) in [7, 11) is 1.65. The molecule has 1 aromatic rings. The minimum Gasteiger partial charge on any atom is -0.496 e. The summed E-state index contributed by atoms with van der Waals surface area (Å²) in [4.78, 5) is 13.5. The SMILES string of the molecule is COc1ccc(CN)cc1CN1CCCC1C(N)=O. The minimum atomic E-state index is -0.244. The standard InChI is InChI=1S/C14H21N3O2/c1-19-13-5-4-10(8-15)7-11(13)9-17-6-2-3-12(17)14(16)18/h4-5,7,12H,2-3,6,8-9,15H2,1H3,(H2,16,18). The van der Waals surface area contributed by atoms with E-state index in [1.165, 1.54) is 0 Å². The Kier molecular flexibility index (Phi) is 4.39. The topological polar surface area (TPSA) is 81.6 Å². The Hall–Kier alpha value is -1.59. The van der Waals surface area contributed by atoms with E-state index < -0.39 is 0 Å². The van der Waals surface area contributed by atoms with E-state index in [1.807, 2.05) is 18.2 Å². The van der Waals surface area contributed by atoms with Crippen LogP contribution in [0.3, 0.4) is 0 Å². The second-order valence-electron chi connectivity index (χ2n) is 4.88. The summed E-state index contributed by atoms with van der Waals surface area (Å²) in [6, 6.07) is 5.76. The molecule has 1 heterocycles. The van der Waals surface area contributed by atoms with Gasteiger partial charge in [-0.05, 0) is 37.1 Å². The number of amides is 1. The Morgan fingerprint density at radius 1 is 1.53 bits per heavy atom. The third kappa shape index (κ3) is 3.05. The highest BCUT2D eigenvalue weighted by Gasteiger charge is 2.29. The lowest BCUT2D eigenvalue weighted by atomic mass is 10.1. The van der Waals surface area contributed by atoms with Gasteiger partial charge in [-0.15, -0.1) is 0 Å². The van der Waals surface area contributed by atoms with Crippen LogP contribution < -0.4 is 16.2 Å². The van der Waals surface area contributed by atoms with Crippen LogP contribution in [0.1, 0.15) is 24.0 Å². The molecule has 1 aliphatic heterocycles. The molecule has 0 bridgehead atoms. The third-order valence-electron chi connectivity index (χ3n) is 3.65. The predicted molar refractivity (Wildman–Crippen MR) is 73.5 cm³/mol. The van der Waals surface area contributed by atoms with E-state index in [4.69, 9.17) is 16.2 Å². The lowest BCUT2D eigenvalue weighted by molar-refractivity contribution is -0.122. The molecule has 1 atom stereocenters. The van der Waals surface area contributed by atoms with Gasteiger partial charge >= 0.3 is 0 Å². The number of carbonyl (C=O) groups is 1. The summed E-state index contributed by atoms with van der Waals surface area (Å²) in [5.74, 6) is 0.582. The van der Waals surface area contributed by atoms with Crippen LogP contribution in [-0.4, -0.2) is 30.5 Å². The molecule has 2 rings (SSSR count). The van der Waals surface area contributed by atoms with Crippen LogP contribution in [-0.2, 0) is 17.9 Å². The quantitative estimate of drug-likeness (QED) is 0.815. The van der Waals surface area contributed by atoms with Gasteiger partial charge in [-0.25, -0.2) is 0 Å². The predicted octanol–water partition coefficient (Wildman–Crippen LogP) is 0.604. The van der Waals surface area contributed by atoms with Crippen LogP contribution in [0, 0.1) is 0 Å². The summed E-state index contributed by atoms with van der Waals surface area (Å²) in [6.45, 7) is 2.06. The molecule has 0 aliphatic carbocycles. The molecule has 0 radical (unpaired) electrons. The fourth-order valence-corrected chi connectivity index (χ4v) is 2.64. The van der Waals surface area contributed by atoms with E-state index in [9.17, 15) is 4.79 Å². The number of methoxy groups -OCH3 is 1. The number of rotatable bonds is 5. The Labute approximate surface area is 113 Å². The molecule has 5 heteroatoms. The molecule has 0 aromatic heterocycles. The molecule has 104 valence electrons. The first kappa shape index (κ1) is 13.8. The van der Waals surface area contributed by atoms with Crippen molar-refractivity contribution < 1.29 is 9.53 Å². The monoisotopic (exact) mass is 263 g/mol. The second kappa shape index (κ2) is 6.04. The van der Waals surface area contributed by atoms with Gasteiger partial charge in [0.1, 0.15) is 5.75 Å². The molecule has 1 amide bonds. The van der Waals surface area contributed by atoms with E-state index in [2.05, 4.69) is 4.90 Å². The zero-order valence-corrected chi connectivity index (χ0v) is 11.3.